The monoisotopic (exact) mass is 826 g/mol. The van der Waals surface area contributed by atoms with E-state index in [4.69, 9.17) is 76.5 Å². The fraction of sp³-hybridized carbons (Fsp3) is 0.619. The van der Waals surface area contributed by atoms with Gasteiger partial charge < -0.3 is 76.5 Å². The SMILES string of the molecule is COc1cc(CC(/C=C/COCCOCCOCCOCCO)=C(\COCCOCCOCCOCCO)Cc2cc(OC)c(OC)c(OC)c2)cc(OC)c1OC. The summed E-state index contributed by atoms with van der Waals surface area (Å²) in [5.74, 6) is 3.19. The number of allylic oxidation sites excluding steroid dienone is 2. The van der Waals surface area contributed by atoms with Crippen LogP contribution in [0.25, 0.3) is 0 Å². The maximum absolute atomic E-state index is 8.80. The van der Waals surface area contributed by atoms with Gasteiger partial charge >= 0.3 is 0 Å². The van der Waals surface area contributed by atoms with Gasteiger partial charge in [0, 0.05) is 0 Å². The molecular weight excluding hydrogens is 760 g/mol. The van der Waals surface area contributed by atoms with E-state index in [1.165, 1.54) is 0 Å². The highest BCUT2D eigenvalue weighted by atomic mass is 16.6. The summed E-state index contributed by atoms with van der Waals surface area (Å²) in [6.45, 7) is 6.18. The number of hydrogen-bond acceptors (Lipinski definition) is 16. The largest absolute Gasteiger partial charge is 0.493 e. The molecule has 0 fully saturated rings. The lowest BCUT2D eigenvalue weighted by atomic mass is 9.94. The van der Waals surface area contributed by atoms with Crippen molar-refractivity contribution in [2.24, 2.45) is 0 Å². The first-order chi connectivity index (χ1) is 28.5. The molecule has 0 aromatic heterocycles. The van der Waals surface area contributed by atoms with Gasteiger partial charge in [0.1, 0.15) is 0 Å². The second-order valence-electron chi connectivity index (χ2n) is 12.2. The molecule has 0 amide bonds. The average Bonchev–Trinajstić information content (AvgIpc) is 3.25. The number of hydrogen-bond donors (Lipinski definition) is 2. The molecule has 0 unspecified atom stereocenters. The summed E-state index contributed by atoms with van der Waals surface area (Å²) in [6.07, 6.45) is 5.01. The third-order valence-corrected chi connectivity index (χ3v) is 8.23. The third-order valence-electron chi connectivity index (χ3n) is 8.23. The summed E-state index contributed by atoms with van der Waals surface area (Å²) in [4.78, 5) is 0. The zero-order valence-corrected chi connectivity index (χ0v) is 35.2. The van der Waals surface area contributed by atoms with Crippen molar-refractivity contribution in [1.82, 2.24) is 0 Å². The van der Waals surface area contributed by atoms with Gasteiger partial charge in [-0.25, -0.2) is 0 Å². The van der Waals surface area contributed by atoms with E-state index in [1.54, 1.807) is 42.7 Å². The molecule has 2 aromatic carbocycles. The topological polar surface area (TPSA) is 170 Å². The predicted molar refractivity (Wildman–Crippen MR) is 216 cm³/mol. The Labute approximate surface area is 343 Å². The zero-order valence-electron chi connectivity index (χ0n) is 35.2. The molecule has 2 rings (SSSR count). The molecule has 330 valence electrons. The van der Waals surface area contributed by atoms with E-state index in [-0.39, 0.29) is 13.2 Å². The molecule has 2 aromatic rings. The van der Waals surface area contributed by atoms with E-state index < -0.39 is 0 Å². The van der Waals surface area contributed by atoms with Gasteiger partial charge in [-0.15, -0.1) is 0 Å². The quantitative estimate of drug-likeness (QED) is 0.0750. The van der Waals surface area contributed by atoms with Gasteiger partial charge in [-0.2, -0.15) is 0 Å². The Morgan fingerprint density at radius 3 is 1.14 bits per heavy atom. The Morgan fingerprint density at radius 2 is 0.776 bits per heavy atom. The average molecular weight is 827 g/mol. The molecular formula is C42H66O16. The van der Waals surface area contributed by atoms with Crippen molar-refractivity contribution in [2.45, 2.75) is 12.8 Å². The van der Waals surface area contributed by atoms with E-state index in [1.807, 2.05) is 36.4 Å². The van der Waals surface area contributed by atoms with Gasteiger partial charge in [0.2, 0.25) is 11.5 Å². The Balaban J connectivity index is 2.28. The minimum absolute atomic E-state index is 0.00704. The van der Waals surface area contributed by atoms with Crippen LogP contribution in [0.5, 0.6) is 34.5 Å². The normalized spacial score (nSPS) is 11.9. The molecule has 0 bridgehead atoms. The van der Waals surface area contributed by atoms with Crippen molar-refractivity contribution in [3.8, 4) is 34.5 Å². The summed E-state index contributed by atoms with van der Waals surface area (Å²) in [7, 11) is 9.51. The van der Waals surface area contributed by atoms with E-state index in [0.29, 0.717) is 153 Å². The van der Waals surface area contributed by atoms with Crippen LogP contribution in [0.15, 0.2) is 47.6 Å². The standard InChI is InChI=1S/C42H66O16/c1-45-37-28-33(29-38(46-2)41(37)49-5)26-35(8-7-11-51-14-17-54-20-21-55-18-15-52-12-9-43)36(27-34-30-39(47-3)42(50-6)40(31-34)48-4)32-58-25-24-57-23-22-56-19-16-53-13-10-44/h7-8,28-31,43-44H,9-27,32H2,1-6H3/b8-7+,36-35-. The summed E-state index contributed by atoms with van der Waals surface area (Å²) < 4.78 is 78.6. The van der Waals surface area contributed by atoms with Crippen LogP contribution in [0, 0.1) is 0 Å². The lowest BCUT2D eigenvalue weighted by molar-refractivity contribution is -0.00378. The molecule has 0 saturated heterocycles. The number of rotatable bonds is 37. The van der Waals surface area contributed by atoms with Gasteiger partial charge in [0.15, 0.2) is 23.0 Å². The van der Waals surface area contributed by atoms with Crippen LogP contribution in [0.3, 0.4) is 0 Å². The minimum Gasteiger partial charge on any atom is -0.493 e. The Hall–Kier alpha value is -3.68. The molecule has 16 nitrogen and oxygen atoms in total. The van der Waals surface area contributed by atoms with Crippen LogP contribution < -0.4 is 28.4 Å². The molecule has 0 aliphatic rings. The lowest BCUT2D eigenvalue weighted by Crippen LogP contribution is -2.14. The fourth-order valence-corrected chi connectivity index (χ4v) is 5.49. The summed E-state index contributed by atoms with van der Waals surface area (Å²) in [5, 5.41) is 17.6. The van der Waals surface area contributed by atoms with Gasteiger partial charge in [-0.3, -0.25) is 0 Å². The highest BCUT2D eigenvalue weighted by molar-refractivity contribution is 5.56. The van der Waals surface area contributed by atoms with Gasteiger partial charge in [0.05, 0.1) is 162 Å². The second-order valence-corrected chi connectivity index (χ2v) is 12.2. The number of aliphatic hydroxyl groups excluding tert-OH is 2. The molecule has 0 spiro atoms. The number of methoxy groups -OCH3 is 6. The Morgan fingerprint density at radius 1 is 0.431 bits per heavy atom. The predicted octanol–water partition coefficient (Wildman–Crippen LogP) is 3.49. The third kappa shape index (κ3) is 20.3. The van der Waals surface area contributed by atoms with Crippen LogP contribution in [-0.4, -0.2) is 172 Å². The first-order valence-corrected chi connectivity index (χ1v) is 19.3. The van der Waals surface area contributed by atoms with E-state index in [9.17, 15) is 0 Å². The summed E-state index contributed by atoms with van der Waals surface area (Å²) in [5.41, 5.74) is 3.84. The molecule has 2 N–H and O–H groups in total. The maximum atomic E-state index is 8.80. The molecule has 0 heterocycles. The minimum atomic E-state index is -0.0149. The fourth-order valence-electron chi connectivity index (χ4n) is 5.49. The van der Waals surface area contributed by atoms with E-state index >= 15 is 0 Å². The van der Waals surface area contributed by atoms with Crippen LogP contribution >= 0.6 is 0 Å². The van der Waals surface area contributed by atoms with Crippen molar-refractivity contribution in [1.29, 1.82) is 0 Å². The van der Waals surface area contributed by atoms with Crippen LogP contribution in [0.1, 0.15) is 11.1 Å². The molecule has 0 radical (unpaired) electrons. The molecule has 0 atom stereocenters. The van der Waals surface area contributed by atoms with Gasteiger partial charge in [-0.1, -0.05) is 12.2 Å². The van der Waals surface area contributed by atoms with Crippen LogP contribution in [-0.2, 0) is 50.7 Å². The number of aliphatic hydroxyl groups is 2. The van der Waals surface area contributed by atoms with Crippen molar-refractivity contribution in [2.75, 3.05) is 162 Å². The molecule has 0 saturated carbocycles. The smallest absolute Gasteiger partial charge is 0.203 e. The van der Waals surface area contributed by atoms with Gasteiger partial charge in [-0.05, 0) is 59.4 Å². The van der Waals surface area contributed by atoms with Crippen molar-refractivity contribution < 1.29 is 76.5 Å². The molecule has 16 heteroatoms. The first kappa shape index (κ1) is 50.5. The van der Waals surface area contributed by atoms with E-state index in [2.05, 4.69) is 0 Å². The Bertz CT molecular complexity index is 1370. The Kier molecular flexibility index (Phi) is 28.9. The maximum Gasteiger partial charge on any atom is 0.203 e. The van der Waals surface area contributed by atoms with Crippen LogP contribution in [0.2, 0.25) is 0 Å². The summed E-state index contributed by atoms with van der Waals surface area (Å²) in [6, 6.07) is 7.72. The molecule has 0 aliphatic heterocycles. The lowest BCUT2D eigenvalue weighted by Gasteiger charge is -2.19. The first-order valence-electron chi connectivity index (χ1n) is 19.3. The number of ether oxygens (including phenoxy) is 14. The van der Waals surface area contributed by atoms with Crippen molar-refractivity contribution in [3.05, 3.63) is 58.7 Å². The highest BCUT2D eigenvalue weighted by Crippen LogP contribution is 2.40. The van der Waals surface area contributed by atoms with E-state index in [0.717, 1.165) is 22.3 Å². The van der Waals surface area contributed by atoms with Crippen LogP contribution in [0.4, 0.5) is 0 Å². The zero-order chi connectivity index (χ0) is 42.1. The van der Waals surface area contributed by atoms with Crippen molar-refractivity contribution >= 4 is 0 Å². The molecule has 0 aliphatic carbocycles. The van der Waals surface area contributed by atoms with Crippen molar-refractivity contribution in [3.63, 3.8) is 0 Å². The second kappa shape index (κ2) is 33.2. The molecule has 58 heavy (non-hydrogen) atoms. The number of benzene rings is 2. The van der Waals surface area contributed by atoms with Gasteiger partial charge in [0.25, 0.3) is 0 Å². The highest BCUT2D eigenvalue weighted by Gasteiger charge is 2.18. The summed E-state index contributed by atoms with van der Waals surface area (Å²) >= 11 is 0.